The van der Waals surface area contributed by atoms with Crippen LogP contribution in [0.25, 0.3) is 0 Å². The predicted molar refractivity (Wildman–Crippen MR) is 76.6 cm³/mol. The van der Waals surface area contributed by atoms with Crippen LogP contribution in [0.1, 0.15) is 6.42 Å². The third kappa shape index (κ3) is 3.66. The molecule has 0 spiro atoms. The lowest BCUT2D eigenvalue weighted by Crippen LogP contribution is -2.28. The van der Waals surface area contributed by atoms with Crippen LogP contribution in [0.15, 0.2) is 48.5 Å². The lowest BCUT2D eigenvalue weighted by Gasteiger charge is -2.22. The van der Waals surface area contributed by atoms with E-state index >= 15 is 0 Å². The summed E-state index contributed by atoms with van der Waals surface area (Å²) in [5.41, 5.74) is 0.726. The van der Waals surface area contributed by atoms with Crippen molar-refractivity contribution in [2.75, 3.05) is 12.0 Å². The fraction of sp³-hybridized carbons (Fsp3) is 0.125. The van der Waals surface area contributed by atoms with E-state index < -0.39 is 29.9 Å². The number of methoxy groups -OCH3 is 1. The molecule has 2 rings (SSSR count). The van der Waals surface area contributed by atoms with Gasteiger partial charge in [-0.05, 0) is 48.5 Å². The number of rotatable bonds is 4. The second-order valence-electron chi connectivity index (χ2n) is 4.43. The Morgan fingerprint density at radius 2 is 1.32 bits per heavy atom. The van der Waals surface area contributed by atoms with E-state index in [-0.39, 0.29) is 0 Å². The third-order valence-electron chi connectivity index (χ3n) is 2.94. The summed E-state index contributed by atoms with van der Waals surface area (Å²) in [5.74, 6) is -2.17. The van der Waals surface area contributed by atoms with Gasteiger partial charge in [0.2, 0.25) is 5.91 Å². The summed E-state index contributed by atoms with van der Waals surface area (Å²) in [5, 5.41) is 0. The zero-order valence-corrected chi connectivity index (χ0v) is 11.8. The molecular weight excluding hydrogens is 292 g/mol. The van der Waals surface area contributed by atoms with Gasteiger partial charge in [-0.2, -0.15) is 0 Å². The van der Waals surface area contributed by atoms with Crippen molar-refractivity contribution in [3.63, 3.8) is 0 Å². The Bertz CT molecular complexity index is 623. The molecule has 114 valence electrons. The zero-order valence-electron chi connectivity index (χ0n) is 11.8. The molecule has 0 aliphatic rings. The molecule has 0 radical (unpaired) electrons. The first kappa shape index (κ1) is 15.6. The largest absolute Gasteiger partial charge is 0.469 e. The first-order valence-electron chi connectivity index (χ1n) is 6.42. The molecule has 0 aliphatic carbocycles. The van der Waals surface area contributed by atoms with Crippen molar-refractivity contribution in [1.29, 1.82) is 0 Å². The summed E-state index contributed by atoms with van der Waals surface area (Å²) in [6.45, 7) is 0. The Morgan fingerprint density at radius 1 is 0.909 bits per heavy atom. The van der Waals surface area contributed by atoms with Crippen molar-refractivity contribution in [3.05, 3.63) is 60.2 Å². The molecule has 1 amide bonds. The van der Waals surface area contributed by atoms with Gasteiger partial charge in [-0.25, -0.2) is 8.78 Å². The van der Waals surface area contributed by atoms with Crippen LogP contribution in [-0.2, 0) is 14.3 Å². The normalized spacial score (nSPS) is 10.1. The number of carbonyl (C=O) groups excluding carboxylic acids is 2. The first-order valence-corrected chi connectivity index (χ1v) is 6.42. The second-order valence-corrected chi connectivity index (χ2v) is 4.43. The number of anilines is 2. The van der Waals surface area contributed by atoms with Crippen LogP contribution in [0, 0.1) is 11.6 Å². The van der Waals surface area contributed by atoms with Gasteiger partial charge in [-0.3, -0.25) is 14.5 Å². The van der Waals surface area contributed by atoms with Gasteiger partial charge in [0.1, 0.15) is 18.1 Å². The minimum atomic E-state index is -0.695. The number of hydrogen-bond acceptors (Lipinski definition) is 3. The highest BCUT2D eigenvalue weighted by molar-refractivity contribution is 6.07. The molecule has 2 aromatic carbocycles. The summed E-state index contributed by atoms with van der Waals surface area (Å²) < 4.78 is 30.6. The number of hydrogen-bond donors (Lipinski definition) is 0. The van der Waals surface area contributed by atoms with Gasteiger partial charge in [-0.1, -0.05) is 0 Å². The van der Waals surface area contributed by atoms with Gasteiger partial charge in [0.15, 0.2) is 0 Å². The molecule has 0 fully saturated rings. The third-order valence-corrected chi connectivity index (χ3v) is 2.94. The van der Waals surface area contributed by atoms with Gasteiger partial charge in [0, 0.05) is 11.4 Å². The van der Waals surface area contributed by atoms with Gasteiger partial charge < -0.3 is 4.74 Å². The highest BCUT2D eigenvalue weighted by atomic mass is 19.1. The fourth-order valence-electron chi connectivity index (χ4n) is 1.89. The van der Waals surface area contributed by atoms with Crippen molar-refractivity contribution < 1.29 is 23.1 Å². The maximum Gasteiger partial charge on any atom is 0.315 e. The number of ether oxygens (including phenoxy) is 1. The van der Waals surface area contributed by atoms with E-state index in [1.54, 1.807) is 0 Å². The number of halogens is 2. The molecule has 0 unspecified atom stereocenters. The number of carbonyl (C=O) groups is 2. The molecule has 4 nitrogen and oxygen atoms in total. The molecule has 0 saturated carbocycles. The van der Waals surface area contributed by atoms with Crippen LogP contribution >= 0.6 is 0 Å². The van der Waals surface area contributed by atoms with E-state index in [9.17, 15) is 18.4 Å². The molecule has 6 heteroatoms. The summed E-state index contributed by atoms with van der Waals surface area (Å²) in [7, 11) is 1.18. The smallest absolute Gasteiger partial charge is 0.315 e. The second kappa shape index (κ2) is 6.80. The van der Waals surface area contributed by atoms with Gasteiger partial charge >= 0.3 is 5.97 Å². The first-order chi connectivity index (χ1) is 10.5. The van der Waals surface area contributed by atoms with Crippen molar-refractivity contribution in [1.82, 2.24) is 0 Å². The molecule has 0 atom stereocenters. The lowest BCUT2D eigenvalue weighted by molar-refractivity contribution is -0.143. The average Bonchev–Trinajstić information content (AvgIpc) is 2.51. The molecule has 0 aromatic heterocycles. The Labute approximate surface area is 125 Å². The Hall–Kier alpha value is -2.76. The SMILES string of the molecule is COC(=O)CC(=O)N(c1ccc(F)cc1)c1ccc(F)cc1. The Kier molecular flexibility index (Phi) is 4.83. The summed E-state index contributed by atoms with van der Waals surface area (Å²) in [6, 6.07) is 10.4. The fourth-order valence-corrected chi connectivity index (χ4v) is 1.89. The molecular formula is C16H13F2NO3. The minimum Gasteiger partial charge on any atom is -0.469 e. The molecule has 2 aromatic rings. The summed E-state index contributed by atoms with van der Waals surface area (Å²) in [4.78, 5) is 24.8. The molecule has 22 heavy (non-hydrogen) atoms. The van der Waals surface area contributed by atoms with Gasteiger partial charge in [0.05, 0.1) is 7.11 Å². The topological polar surface area (TPSA) is 46.6 Å². The van der Waals surface area contributed by atoms with Gasteiger partial charge in [-0.15, -0.1) is 0 Å². The van der Waals surface area contributed by atoms with E-state index in [1.165, 1.54) is 60.5 Å². The van der Waals surface area contributed by atoms with Crippen molar-refractivity contribution >= 4 is 23.3 Å². The molecule has 0 heterocycles. The number of benzene rings is 2. The van der Waals surface area contributed by atoms with Crippen LogP contribution in [0.5, 0.6) is 0 Å². The van der Waals surface area contributed by atoms with Crippen LogP contribution < -0.4 is 4.90 Å². The highest BCUT2D eigenvalue weighted by Gasteiger charge is 2.21. The highest BCUT2D eigenvalue weighted by Crippen LogP contribution is 2.26. The minimum absolute atomic E-state index is 0.363. The maximum atomic E-state index is 13.0. The predicted octanol–water partition coefficient (Wildman–Crippen LogP) is 3.19. The molecule has 0 aliphatic heterocycles. The van der Waals surface area contributed by atoms with Crippen LogP contribution in [0.4, 0.5) is 20.2 Å². The van der Waals surface area contributed by atoms with Crippen molar-refractivity contribution in [3.8, 4) is 0 Å². The standard InChI is InChI=1S/C16H13F2NO3/c1-22-16(21)10-15(20)19(13-6-2-11(17)3-7-13)14-8-4-12(18)5-9-14/h2-9H,10H2,1H3. The number of amides is 1. The van der Waals surface area contributed by atoms with Gasteiger partial charge in [0.25, 0.3) is 0 Å². The van der Waals surface area contributed by atoms with E-state index in [2.05, 4.69) is 4.74 Å². The molecule has 0 N–H and O–H groups in total. The van der Waals surface area contributed by atoms with Crippen molar-refractivity contribution in [2.24, 2.45) is 0 Å². The maximum absolute atomic E-state index is 13.0. The van der Waals surface area contributed by atoms with Crippen LogP contribution in [0.3, 0.4) is 0 Å². The number of nitrogens with zero attached hydrogens (tertiary/aromatic N) is 1. The van der Waals surface area contributed by atoms with Crippen molar-refractivity contribution in [2.45, 2.75) is 6.42 Å². The Balaban J connectivity index is 2.39. The zero-order chi connectivity index (χ0) is 16.1. The number of esters is 1. The summed E-state index contributed by atoms with van der Waals surface area (Å²) >= 11 is 0. The van der Waals surface area contributed by atoms with E-state index in [0.717, 1.165) is 0 Å². The average molecular weight is 305 g/mol. The van der Waals surface area contributed by atoms with E-state index in [4.69, 9.17) is 0 Å². The van der Waals surface area contributed by atoms with Crippen LogP contribution in [-0.4, -0.2) is 19.0 Å². The quantitative estimate of drug-likeness (QED) is 0.644. The lowest BCUT2D eigenvalue weighted by atomic mass is 10.2. The summed E-state index contributed by atoms with van der Waals surface area (Å²) in [6.07, 6.45) is -0.481. The monoisotopic (exact) mass is 305 g/mol. The Morgan fingerprint density at radius 3 is 1.68 bits per heavy atom. The van der Waals surface area contributed by atoms with Crippen LogP contribution in [0.2, 0.25) is 0 Å². The van der Waals surface area contributed by atoms with E-state index in [0.29, 0.717) is 11.4 Å². The van der Waals surface area contributed by atoms with E-state index in [1.807, 2.05) is 0 Å². The molecule has 0 saturated heterocycles. The molecule has 0 bridgehead atoms.